The molecule has 0 aliphatic carbocycles. The molecular formula is C43H27N3. The molecule has 214 valence electrons. The molecule has 3 heteroatoms. The van der Waals surface area contributed by atoms with Gasteiger partial charge < -0.3 is 0 Å². The molecule has 0 unspecified atom stereocenters. The van der Waals surface area contributed by atoms with Crippen LogP contribution in [-0.2, 0) is 0 Å². The third-order valence-corrected chi connectivity index (χ3v) is 8.91. The van der Waals surface area contributed by atoms with E-state index >= 15 is 0 Å². The van der Waals surface area contributed by atoms with E-state index in [4.69, 9.17) is 9.97 Å². The van der Waals surface area contributed by atoms with Crippen LogP contribution in [0.15, 0.2) is 164 Å². The number of hydrogen-bond donors (Lipinski definition) is 0. The van der Waals surface area contributed by atoms with Crippen LogP contribution >= 0.6 is 0 Å². The minimum Gasteiger partial charge on any atom is -0.264 e. The van der Waals surface area contributed by atoms with Crippen LogP contribution in [0, 0.1) is 0 Å². The third kappa shape index (κ3) is 4.49. The normalized spacial score (nSPS) is 11.5. The van der Waals surface area contributed by atoms with Crippen molar-refractivity contribution in [3.8, 4) is 56.2 Å². The summed E-state index contributed by atoms with van der Waals surface area (Å²) in [5, 5.41) is 7.51. The SMILES string of the molecule is c1ccc(-c2cccc(-c3cc(-c4ccc5ccc6cccc7ccc4c5c67)nc(-c4cccc(-c5cccnc5)c4)n3)c2)cc1. The molecular weight excluding hydrogens is 558 g/mol. The molecule has 7 aromatic carbocycles. The van der Waals surface area contributed by atoms with Crippen LogP contribution in [0.1, 0.15) is 0 Å². The Labute approximate surface area is 266 Å². The Balaban J connectivity index is 1.28. The fraction of sp³-hybridized carbons (Fsp3) is 0. The Kier molecular flexibility index (Phi) is 6.14. The molecule has 2 heterocycles. The predicted molar refractivity (Wildman–Crippen MR) is 191 cm³/mol. The predicted octanol–water partition coefficient (Wildman–Crippen LogP) is 11.1. The smallest absolute Gasteiger partial charge is 0.160 e. The fourth-order valence-electron chi connectivity index (χ4n) is 6.68. The van der Waals surface area contributed by atoms with Crippen LogP contribution in [0.3, 0.4) is 0 Å². The molecule has 0 aliphatic heterocycles. The summed E-state index contributed by atoms with van der Waals surface area (Å²) in [6.07, 6.45) is 3.69. The van der Waals surface area contributed by atoms with E-state index in [1.807, 2.05) is 18.3 Å². The first kappa shape index (κ1) is 26.2. The van der Waals surface area contributed by atoms with Crippen molar-refractivity contribution in [2.24, 2.45) is 0 Å². The van der Waals surface area contributed by atoms with E-state index in [1.54, 1.807) is 6.20 Å². The number of nitrogens with zero attached hydrogens (tertiary/aromatic N) is 3. The van der Waals surface area contributed by atoms with E-state index in [-0.39, 0.29) is 0 Å². The van der Waals surface area contributed by atoms with Crippen LogP contribution in [0.25, 0.3) is 88.5 Å². The highest BCUT2D eigenvalue weighted by Crippen LogP contribution is 2.40. The van der Waals surface area contributed by atoms with Gasteiger partial charge >= 0.3 is 0 Å². The zero-order valence-electron chi connectivity index (χ0n) is 24.9. The van der Waals surface area contributed by atoms with Crippen LogP contribution in [0.2, 0.25) is 0 Å². The van der Waals surface area contributed by atoms with E-state index in [9.17, 15) is 0 Å². The van der Waals surface area contributed by atoms with Gasteiger partial charge in [-0.2, -0.15) is 0 Å². The van der Waals surface area contributed by atoms with Gasteiger partial charge in [0, 0.05) is 34.6 Å². The summed E-state index contributed by atoms with van der Waals surface area (Å²) < 4.78 is 0. The van der Waals surface area contributed by atoms with E-state index in [2.05, 4.69) is 145 Å². The van der Waals surface area contributed by atoms with Gasteiger partial charge in [0.2, 0.25) is 0 Å². The molecule has 0 N–H and O–H groups in total. The Morgan fingerprint density at radius 2 is 0.978 bits per heavy atom. The van der Waals surface area contributed by atoms with Gasteiger partial charge in [-0.25, -0.2) is 9.97 Å². The van der Waals surface area contributed by atoms with E-state index in [0.29, 0.717) is 5.82 Å². The zero-order chi connectivity index (χ0) is 30.5. The number of benzene rings is 7. The second kappa shape index (κ2) is 10.8. The minimum atomic E-state index is 0.689. The first-order valence-electron chi connectivity index (χ1n) is 15.5. The zero-order valence-corrected chi connectivity index (χ0v) is 24.9. The molecule has 0 spiro atoms. The van der Waals surface area contributed by atoms with Gasteiger partial charge in [0.25, 0.3) is 0 Å². The maximum atomic E-state index is 5.27. The molecule has 0 saturated carbocycles. The standard InChI is InChI=1S/C43H27N3/c1-2-8-28(9-3-1)32-12-5-14-34(24-32)39-26-40(46-43(45-39)35-15-6-13-33(25-35)36-16-7-23-44-27-36)37-21-19-31-18-17-29-10-4-11-30-20-22-38(37)42(31)41(29)30/h1-27H. The Morgan fingerprint density at radius 3 is 1.78 bits per heavy atom. The first-order chi connectivity index (χ1) is 22.8. The molecule has 0 saturated heterocycles. The van der Waals surface area contributed by atoms with Crippen molar-refractivity contribution in [3.63, 3.8) is 0 Å². The van der Waals surface area contributed by atoms with E-state index < -0.39 is 0 Å². The van der Waals surface area contributed by atoms with E-state index in [0.717, 1.165) is 44.8 Å². The van der Waals surface area contributed by atoms with Crippen molar-refractivity contribution in [2.75, 3.05) is 0 Å². The summed E-state index contributed by atoms with van der Waals surface area (Å²) in [5.74, 6) is 0.689. The lowest BCUT2D eigenvalue weighted by molar-refractivity contribution is 1.18. The lowest BCUT2D eigenvalue weighted by atomic mass is 9.91. The average molecular weight is 586 g/mol. The van der Waals surface area contributed by atoms with Crippen LogP contribution in [0.5, 0.6) is 0 Å². The molecule has 2 aromatic heterocycles. The molecule has 0 atom stereocenters. The van der Waals surface area contributed by atoms with Crippen LogP contribution in [0.4, 0.5) is 0 Å². The van der Waals surface area contributed by atoms with Crippen LogP contribution in [-0.4, -0.2) is 15.0 Å². The molecule has 0 fully saturated rings. The average Bonchev–Trinajstić information content (AvgIpc) is 3.14. The minimum absolute atomic E-state index is 0.689. The molecule has 3 nitrogen and oxygen atoms in total. The van der Waals surface area contributed by atoms with Crippen molar-refractivity contribution in [3.05, 3.63) is 164 Å². The third-order valence-electron chi connectivity index (χ3n) is 8.91. The molecule has 0 bridgehead atoms. The number of rotatable bonds is 5. The highest BCUT2D eigenvalue weighted by molar-refractivity contribution is 6.25. The summed E-state index contributed by atoms with van der Waals surface area (Å²) >= 11 is 0. The van der Waals surface area contributed by atoms with Crippen molar-refractivity contribution in [1.29, 1.82) is 0 Å². The Morgan fingerprint density at radius 1 is 0.370 bits per heavy atom. The molecule has 9 aromatic rings. The summed E-state index contributed by atoms with van der Waals surface area (Å²) in [5.41, 5.74) is 9.35. The molecule has 9 rings (SSSR count). The summed E-state index contributed by atoms with van der Waals surface area (Å²) in [4.78, 5) is 14.8. The van der Waals surface area contributed by atoms with Gasteiger partial charge in [-0.3, -0.25) is 4.98 Å². The van der Waals surface area contributed by atoms with Gasteiger partial charge in [0.15, 0.2) is 5.82 Å². The van der Waals surface area contributed by atoms with Gasteiger partial charge in [-0.1, -0.05) is 127 Å². The van der Waals surface area contributed by atoms with Gasteiger partial charge in [-0.05, 0) is 73.3 Å². The Bertz CT molecular complexity index is 2400. The van der Waals surface area contributed by atoms with Crippen molar-refractivity contribution >= 4 is 32.3 Å². The first-order valence-corrected chi connectivity index (χ1v) is 15.5. The molecule has 0 amide bonds. The maximum absolute atomic E-state index is 5.27. The quantitative estimate of drug-likeness (QED) is 0.189. The van der Waals surface area contributed by atoms with Gasteiger partial charge in [0.1, 0.15) is 0 Å². The largest absolute Gasteiger partial charge is 0.264 e. The maximum Gasteiger partial charge on any atom is 0.160 e. The molecule has 0 aliphatic rings. The Hall–Kier alpha value is -6.19. The summed E-state index contributed by atoms with van der Waals surface area (Å²) in [7, 11) is 0. The van der Waals surface area contributed by atoms with Crippen molar-refractivity contribution < 1.29 is 0 Å². The lowest BCUT2D eigenvalue weighted by Crippen LogP contribution is -1.97. The highest BCUT2D eigenvalue weighted by atomic mass is 14.9. The summed E-state index contributed by atoms with van der Waals surface area (Å²) in [6, 6.07) is 53.6. The topological polar surface area (TPSA) is 38.7 Å². The van der Waals surface area contributed by atoms with Gasteiger partial charge in [-0.15, -0.1) is 0 Å². The van der Waals surface area contributed by atoms with Crippen molar-refractivity contribution in [1.82, 2.24) is 15.0 Å². The van der Waals surface area contributed by atoms with Gasteiger partial charge in [0.05, 0.1) is 11.4 Å². The van der Waals surface area contributed by atoms with Crippen molar-refractivity contribution in [2.45, 2.75) is 0 Å². The molecule has 0 radical (unpaired) electrons. The lowest BCUT2D eigenvalue weighted by Gasteiger charge is -2.15. The fourth-order valence-corrected chi connectivity index (χ4v) is 6.68. The number of hydrogen-bond acceptors (Lipinski definition) is 3. The monoisotopic (exact) mass is 585 g/mol. The summed E-state index contributed by atoms with van der Waals surface area (Å²) in [6.45, 7) is 0. The van der Waals surface area contributed by atoms with E-state index in [1.165, 1.54) is 37.9 Å². The number of pyridine rings is 1. The van der Waals surface area contributed by atoms with Crippen LogP contribution < -0.4 is 0 Å². The number of aromatic nitrogens is 3. The highest BCUT2D eigenvalue weighted by Gasteiger charge is 2.16. The second-order valence-electron chi connectivity index (χ2n) is 11.7. The second-order valence-corrected chi connectivity index (χ2v) is 11.7. The molecule has 46 heavy (non-hydrogen) atoms.